The molecule has 0 aliphatic rings. The van der Waals surface area contributed by atoms with Gasteiger partial charge in [-0.05, 0) is 43.2 Å². The molecule has 2 aromatic carbocycles. The number of ether oxygens (including phenoxy) is 2. The van der Waals surface area contributed by atoms with Gasteiger partial charge in [-0.25, -0.2) is 4.39 Å². The van der Waals surface area contributed by atoms with Crippen LogP contribution in [0.15, 0.2) is 41.4 Å². The second-order valence-corrected chi connectivity index (χ2v) is 7.18. The summed E-state index contributed by atoms with van der Waals surface area (Å²) in [6.45, 7) is 3.43. The van der Waals surface area contributed by atoms with Crippen molar-refractivity contribution in [1.82, 2.24) is 4.57 Å². The van der Waals surface area contributed by atoms with Crippen LogP contribution in [-0.2, 0) is 20.9 Å². The Balaban J connectivity index is 1.97. The topological polar surface area (TPSA) is 69.9 Å². The van der Waals surface area contributed by atoms with Crippen molar-refractivity contribution >= 4 is 33.4 Å². The summed E-state index contributed by atoms with van der Waals surface area (Å²) in [6, 6.07) is 9.78. The molecule has 3 aromatic rings. The lowest BCUT2D eigenvalue weighted by molar-refractivity contribution is -0.141. The average Bonchev–Trinajstić information content (AvgIpc) is 2.98. The minimum absolute atomic E-state index is 0.0173. The molecule has 146 valence electrons. The molecule has 0 aliphatic heterocycles. The van der Waals surface area contributed by atoms with E-state index in [1.54, 1.807) is 10.6 Å². The standard InChI is InChI=1S/C20H19FN2O4S/c1-12-8-13(2)19-15(9-12)23(10-18(25)26-3)20(28-19)22-17(24)11-27-16-7-5-4-6-14(16)21/h4-9H,10-11H2,1-3H3. The summed E-state index contributed by atoms with van der Waals surface area (Å²) in [4.78, 5) is 28.6. The van der Waals surface area contributed by atoms with Gasteiger partial charge in [0.05, 0.1) is 17.3 Å². The van der Waals surface area contributed by atoms with Gasteiger partial charge in [-0.15, -0.1) is 0 Å². The molecule has 0 unspecified atom stereocenters. The van der Waals surface area contributed by atoms with Gasteiger partial charge in [0.25, 0.3) is 5.91 Å². The van der Waals surface area contributed by atoms with Gasteiger partial charge >= 0.3 is 5.97 Å². The number of aryl methyl sites for hydroxylation is 2. The van der Waals surface area contributed by atoms with E-state index in [9.17, 15) is 14.0 Å². The first-order valence-electron chi connectivity index (χ1n) is 8.51. The molecule has 8 heteroatoms. The molecule has 1 amide bonds. The molecule has 0 aliphatic carbocycles. The summed E-state index contributed by atoms with van der Waals surface area (Å²) in [5, 5.41) is 0. The third-order valence-corrected chi connectivity index (χ3v) is 5.27. The predicted octanol–water partition coefficient (Wildman–Crippen LogP) is 3.14. The molecule has 1 heterocycles. The van der Waals surface area contributed by atoms with Gasteiger partial charge in [-0.3, -0.25) is 9.59 Å². The van der Waals surface area contributed by atoms with E-state index >= 15 is 0 Å². The van der Waals surface area contributed by atoms with Crippen molar-refractivity contribution in [3.63, 3.8) is 0 Å². The number of benzene rings is 2. The maximum Gasteiger partial charge on any atom is 0.325 e. The zero-order valence-electron chi connectivity index (χ0n) is 15.7. The normalized spacial score (nSPS) is 11.6. The molecule has 3 rings (SSSR count). The quantitative estimate of drug-likeness (QED) is 0.615. The van der Waals surface area contributed by atoms with E-state index in [-0.39, 0.29) is 12.3 Å². The van der Waals surface area contributed by atoms with Gasteiger partial charge in [0.1, 0.15) is 6.54 Å². The Bertz CT molecular complexity index is 1120. The maximum atomic E-state index is 13.6. The molecule has 1 aromatic heterocycles. The molecule has 6 nitrogen and oxygen atoms in total. The monoisotopic (exact) mass is 402 g/mol. The highest BCUT2D eigenvalue weighted by Crippen LogP contribution is 2.23. The van der Waals surface area contributed by atoms with E-state index in [0.717, 1.165) is 21.3 Å². The summed E-state index contributed by atoms with van der Waals surface area (Å²) in [6.07, 6.45) is 0. The zero-order valence-corrected chi connectivity index (χ0v) is 16.5. The van der Waals surface area contributed by atoms with Crippen LogP contribution in [-0.4, -0.2) is 30.2 Å². The van der Waals surface area contributed by atoms with Gasteiger partial charge in [0.2, 0.25) is 0 Å². The summed E-state index contributed by atoms with van der Waals surface area (Å²) in [5.74, 6) is -1.60. The summed E-state index contributed by atoms with van der Waals surface area (Å²) in [7, 11) is 1.30. The number of hydrogen-bond donors (Lipinski definition) is 0. The highest BCUT2D eigenvalue weighted by atomic mass is 32.1. The number of amides is 1. The van der Waals surface area contributed by atoms with Crippen LogP contribution in [0.25, 0.3) is 10.2 Å². The number of hydrogen-bond acceptors (Lipinski definition) is 5. The Kier molecular flexibility index (Phi) is 5.89. The fraction of sp³-hybridized carbons (Fsp3) is 0.250. The van der Waals surface area contributed by atoms with Crippen LogP contribution >= 0.6 is 11.3 Å². The Morgan fingerprint density at radius 3 is 2.68 bits per heavy atom. The van der Waals surface area contributed by atoms with Crippen molar-refractivity contribution in [3.05, 3.63) is 58.1 Å². The molecule has 0 saturated carbocycles. The van der Waals surface area contributed by atoms with Crippen LogP contribution in [0.1, 0.15) is 11.1 Å². The van der Waals surface area contributed by atoms with E-state index in [1.165, 1.54) is 36.6 Å². The van der Waals surface area contributed by atoms with Crippen molar-refractivity contribution < 1.29 is 23.5 Å². The third-order valence-electron chi connectivity index (χ3n) is 4.04. The highest BCUT2D eigenvalue weighted by molar-refractivity contribution is 7.16. The molecule has 28 heavy (non-hydrogen) atoms. The minimum atomic E-state index is -0.581. The van der Waals surface area contributed by atoms with Crippen molar-refractivity contribution in [2.45, 2.75) is 20.4 Å². The number of aromatic nitrogens is 1. The van der Waals surface area contributed by atoms with E-state index in [0.29, 0.717) is 4.80 Å². The Morgan fingerprint density at radius 2 is 1.96 bits per heavy atom. The van der Waals surface area contributed by atoms with E-state index < -0.39 is 24.3 Å². The first kappa shape index (κ1) is 19.8. The molecule has 0 radical (unpaired) electrons. The van der Waals surface area contributed by atoms with Gasteiger partial charge in [0, 0.05) is 0 Å². The van der Waals surface area contributed by atoms with Crippen molar-refractivity contribution in [1.29, 1.82) is 0 Å². The largest absolute Gasteiger partial charge is 0.481 e. The van der Waals surface area contributed by atoms with E-state index in [4.69, 9.17) is 9.47 Å². The van der Waals surface area contributed by atoms with E-state index in [2.05, 4.69) is 4.99 Å². The van der Waals surface area contributed by atoms with Gasteiger partial charge in [0.15, 0.2) is 23.0 Å². The Hall–Kier alpha value is -3.00. The SMILES string of the molecule is COC(=O)Cn1c(=NC(=O)COc2ccccc2F)sc2c(C)cc(C)cc21. The number of carbonyl (C=O) groups is 2. The number of halogens is 1. The lowest BCUT2D eigenvalue weighted by Gasteiger charge is -2.06. The third kappa shape index (κ3) is 4.28. The van der Waals surface area contributed by atoms with Gasteiger partial charge in [-0.2, -0.15) is 4.99 Å². The number of carbonyl (C=O) groups excluding carboxylic acids is 2. The number of thiazole rings is 1. The smallest absolute Gasteiger partial charge is 0.325 e. The molecule has 0 bridgehead atoms. The first-order valence-corrected chi connectivity index (χ1v) is 9.33. The number of methoxy groups -OCH3 is 1. The van der Waals surface area contributed by atoms with Gasteiger partial charge < -0.3 is 14.0 Å². The lowest BCUT2D eigenvalue weighted by Crippen LogP contribution is -2.23. The lowest BCUT2D eigenvalue weighted by atomic mass is 10.1. The van der Waals surface area contributed by atoms with Crippen molar-refractivity contribution in [3.8, 4) is 5.75 Å². The minimum Gasteiger partial charge on any atom is -0.481 e. The number of rotatable bonds is 5. The fourth-order valence-electron chi connectivity index (χ4n) is 2.78. The summed E-state index contributed by atoms with van der Waals surface area (Å²) < 4.78 is 26.2. The Labute approximate surface area is 164 Å². The molecule has 0 fully saturated rings. The molecule has 0 spiro atoms. The van der Waals surface area contributed by atoms with Crippen LogP contribution in [0.2, 0.25) is 0 Å². The molecular formula is C20H19FN2O4S. The molecule has 0 saturated heterocycles. The second-order valence-electron chi connectivity index (χ2n) is 6.20. The maximum absolute atomic E-state index is 13.6. The number of esters is 1. The molecular weight excluding hydrogens is 383 g/mol. The van der Waals surface area contributed by atoms with Crippen LogP contribution in [0, 0.1) is 19.7 Å². The summed E-state index contributed by atoms with van der Waals surface area (Å²) >= 11 is 1.30. The fourth-order valence-corrected chi connectivity index (χ4v) is 3.88. The number of fused-ring (bicyclic) bond motifs is 1. The van der Waals surface area contributed by atoms with Crippen LogP contribution < -0.4 is 9.54 Å². The Morgan fingerprint density at radius 1 is 1.21 bits per heavy atom. The first-order chi connectivity index (χ1) is 13.4. The molecule has 0 N–H and O–H groups in total. The zero-order chi connectivity index (χ0) is 20.3. The van der Waals surface area contributed by atoms with Crippen molar-refractivity contribution in [2.24, 2.45) is 4.99 Å². The van der Waals surface area contributed by atoms with Crippen LogP contribution in [0.4, 0.5) is 4.39 Å². The van der Waals surface area contributed by atoms with Gasteiger partial charge in [-0.1, -0.05) is 29.5 Å². The van der Waals surface area contributed by atoms with Crippen LogP contribution in [0.5, 0.6) is 5.75 Å². The highest BCUT2D eigenvalue weighted by Gasteiger charge is 2.14. The van der Waals surface area contributed by atoms with Crippen molar-refractivity contribution in [2.75, 3.05) is 13.7 Å². The summed E-state index contributed by atoms with van der Waals surface area (Å²) in [5.41, 5.74) is 2.85. The van der Waals surface area contributed by atoms with Crippen LogP contribution in [0.3, 0.4) is 0 Å². The predicted molar refractivity (Wildman–Crippen MR) is 104 cm³/mol. The second kappa shape index (κ2) is 8.35. The molecule has 0 atom stereocenters. The average molecular weight is 402 g/mol. The number of nitrogens with zero attached hydrogens (tertiary/aromatic N) is 2. The number of para-hydroxylation sites is 1. The van der Waals surface area contributed by atoms with E-state index in [1.807, 2.05) is 26.0 Å².